The van der Waals surface area contributed by atoms with E-state index in [1.54, 1.807) is 0 Å². The van der Waals surface area contributed by atoms with Crippen molar-refractivity contribution in [2.75, 3.05) is 26.2 Å². The van der Waals surface area contributed by atoms with Gasteiger partial charge in [-0.1, -0.05) is 30.7 Å². The molecule has 0 atom stereocenters. The van der Waals surface area contributed by atoms with Crippen molar-refractivity contribution in [3.05, 3.63) is 40.4 Å². The summed E-state index contributed by atoms with van der Waals surface area (Å²) in [4.78, 5) is 19.1. The minimum absolute atomic E-state index is 0.0494. The standard InChI is InChI=1S/C18H22ClN3OS/c1-2-20-11-13-7-9-22(10-8-13)18(23)16-12-24-17(21-16)14-3-5-15(19)6-4-14/h3-6,12-13,20H,2,7-11H2,1H3. The lowest BCUT2D eigenvalue weighted by atomic mass is 9.96. The van der Waals surface area contributed by atoms with Gasteiger partial charge in [-0.25, -0.2) is 4.98 Å². The number of benzene rings is 1. The molecule has 4 nitrogen and oxygen atoms in total. The van der Waals surface area contributed by atoms with Gasteiger partial charge in [-0.2, -0.15) is 0 Å². The van der Waals surface area contributed by atoms with E-state index in [-0.39, 0.29) is 5.91 Å². The molecule has 0 radical (unpaired) electrons. The number of amides is 1. The Morgan fingerprint density at radius 2 is 2.04 bits per heavy atom. The Kier molecular flexibility index (Phi) is 5.87. The summed E-state index contributed by atoms with van der Waals surface area (Å²) in [6.45, 7) is 5.83. The highest BCUT2D eigenvalue weighted by Crippen LogP contribution is 2.26. The lowest BCUT2D eigenvalue weighted by molar-refractivity contribution is 0.0685. The summed E-state index contributed by atoms with van der Waals surface area (Å²) in [7, 11) is 0. The minimum Gasteiger partial charge on any atom is -0.337 e. The topological polar surface area (TPSA) is 45.2 Å². The van der Waals surface area contributed by atoms with Gasteiger partial charge in [-0.05, 0) is 44.0 Å². The smallest absolute Gasteiger partial charge is 0.273 e. The van der Waals surface area contributed by atoms with E-state index in [0.29, 0.717) is 16.6 Å². The van der Waals surface area contributed by atoms with Crippen LogP contribution in [0.2, 0.25) is 5.02 Å². The van der Waals surface area contributed by atoms with Crippen LogP contribution in [-0.4, -0.2) is 42.0 Å². The summed E-state index contributed by atoms with van der Waals surface area (Å²) in [5.41, 5.74) is 1.54. The highest BCUT2D eigenvalue weighted by molar-refractivity contribution is 7.13. The summed E-state index contributed by atoms with van der Waals surface area (Å²) in [6.07, 6.45) is 2.12. The van der Waals surface area contributed by atoms with Gasteiger partial charge in [-0.15, -0.1) is 11.3 Å². The number of rotatable bonds is 5. The number of piperidine rings is 1. The first kappa shape index (κ1) is 17.4. The molecule has 1 N–H and O–H groups in total. The monoisotopic (exact) mass is 363 g/mol. The van der Waals surface area contributed by atoms with E-state index in [0.717, 1.165) is 49.6 Å². The number of hydrogen-bond donors (Lipinski definition) is 1. The number of aromatic nitrogens is 1. The first-order valence-corrected chi connectivity index (χ1v) is 9.64. The fourth-order valence-electron chi connectivity index (χ4n) is 2.95. The molecule has 0 spiro atoms. The Labute approximate surface area is 151 Å². The van der Waals surface area contributed by atoms with Crippen LogP contribution in [0.1, 0.15) is 30.3 Å². The SMILES string of the molecule is CCNCC1CCN(C(=O)c2csc(-c3ccc(Cl)cc3)n2)CC1. The van der Waals surface area contributed by atoms with Crippen molar-refractivity contribution >= 4 is 28.8 Å². The molecule has 1 fully saturated rings. The first-order valence-electron chi connectivity index (χ1n) is 8.39. The van der Waals surface area contributed by atoms with Gasteiger partial charge in [-0.3, -0.25) is 4.79 Å². The lowest BCUT2D eigenvalue weighted by Gasteiger charge is -2.31. The molecule has 1 aromatic heterocycles. The average molecular weight is 364 g/mol. The Bertz CT molecular complexity index is 678. The van der Waals surface area contributed by atoms with E-state index in [9.17, 15) is 4.79 Å². The van der Waals surface area contributed by atoms with Crippen LogP contribution < -0.4 is 5.32 Å². The van der Waals surface area contributed by atoms with E-state index >= 15 is 0 Å². The summed E-state index contributed by atoms with van der Waals surface area (Å²) < 4.78 is 0. The molecular formula is C18H22ClN3OS. The normalized spacial score (nSPS) is 15.7. The van der Waals surface area contributed by atoms with Gasteiger partial charge in [0.1, 0.15) is 10.7 Å². The average Bonchev–Trinajstić information content (AvgIpc) is 3.10. The number of carbonyl (C=O) groups excluding carboxylic acids is 1. The summed E-state index contributed by atoms with van der Waals surface area (Å²) in [5, 5.41) is 6.81. The van der Waals surface area contributed by atoms with Crippen molar-refractivity contribution in [2.45, 2.75) is 19.8 Å². The van der Waals surface area contributed by atoms with Crippen LogP contribution in [0.15, 0.2) is 29.6 Å². The third-order valence-corrected chi connectivity index (χ3v) is 5.54. The summed E-state index contributed by atoms with van der Waals surface area (Å²) in [5.74, 6) is 0.724. The van der Waals surface area contributed by atoms with Gasteiger partial charge >= 0.3 is 0 Å². The van der Waals surface area contributed by atoms with Crippen molar-refractivity contribution in [1.82, 2.24) is 15.2 Å². The number of likely N-dealkylation sites (tertiary alicyclic amines) is 1. The third kappa shape index (κ3) is 4.15. The van der Waals surface area contributed by atoms with Crippen LogP contribution >= 0.6 is 22.9 Å². The maximum atomic E-state index is 12.7. The van der Waals surface area contributed by atoms with Gasteiger partial charge in [0.25, 0.3) is 5.91 Å². The number of thiazole rings is 1. The molecule has 1 aromatic carbocycles. The van der Waals surface area contributed by atoms with Gasteiger partial charge in [0, 0.05) is 29.1 Å². The van der Waals surface area contributed by atoms with Crippen LogP contribution in [0.3, 0.4) is 0 Å². The van der Waals surface area contributed by atoms with Crippen LogP contribution in [-0.2, 0) is 0 Å². The molecular weight excluding hydrogens is 342 g/mol. The van der Waals surface area contributed by atoms with Gasteiger partial charge in [0.2, 0.25) is 0 Å². The highest BCUT2D eigenvalue weighted by atomic mass is 35.5. The highest BCUT2D eigenvalue weighted by Gasteiger charge is 2.25. The molecule has 0 unspecified atom stereocenters. The summed E-state index contributed by atoms with van der Waals surface area (Å²) >= 11 is 7.42. The van der Waals surface area contributed by atoms with E-state index < -0.39 is 0 Å². The second-order valence-corrected chi connectivity index (χ2v) is 7.38. The Morgan fingerprint density at radius 3 is 2.71 bits per heavy atom. The summed E-state index contributed by atoms with van der Waals surface area (Å²) in [6, 6.07) is 7.55. The molecule has 1 amide bonds. The zero-order chi connectivity index (χ0) is 16.9. The number of nitrogens with zero attached hydrogens (tertiary/aromatic N) is 2. The zero-order valence-corrected chi connectivity index (χ0v) is 15.4. The maximum absolute atomic E-state index is 12.7. The Hall–Kier alpha value is -1.43. The largest absolute Gasteiger partial charge is 0.337 e. The zero-order valence-electron chi connectivity index (χ0n) is 13.8. The Morgan fingerprint density at radius 1 is 1.33 bits per heavy atom. The van der Waals surface area contributed by atoms with Gasteiger partial charge in [0.15, 0.2) is 0 Å². The third-order valence-electron chi connectivity index (χ3n) is 4.40. The number of halogens is 1. The van der Waals surface area contributed by atoms with Crippen molar-refractivity contribution in [2.24, 2.45) is 5.92 Å². The molecule has 1 aliphatic heterocycles. The second-order valence-electron chi connectivity index (χ2n) is 6.09. The molecule has 6 heteroatoms. The Balaban J connectivity index is 1.61. The second kappa shape index (κ2) is 8.10. The van der Waals surface area contributed by atoms with E-state index in [4.69, 9.17) is 11.6 Å². The fourth-order valence-corrected chi connectivity index (χ4v) is 3.87. The molecule has 24 heavy (non-hydrogen) atoms. The van der Waals surface area contributed by atoms with Gasteiger partial charge in [0.05, 0.1) is 0 Å². The van der Waals surface area contributed by atoms with Crippen LogP contribution in [0.5, 0.6) is 0 Å². The quantitative estimate of drug-likeness (QED) is 0.875. The predicted octanol–water partition coefficient (Wildman–Crippen LogP) is 3.93. The van der Waals surface area contributed by atoms with Gasteiger partial charge < -0.3 is 10.2 Å². The maximum Gasteiger partial charge on any atom is 0.273 e. The molecule has 1 saturated heterocycles. The van der Waals surface area contributed by atoms with Crippen LogP contribution in [0.25, 0.3) is 10.6 Å². The van der Waals surface area contributed by atoms with Crippen molar-refractivity contribution in [1.29, 1.82) is 0 Å². The molecule has 0 saturated carbocycles. The lowest BCUT2D eigenvalue weighted by Crippen LogP contribution is -2.40. The molecule has 3 rings (SSSR count). The molecule has 0 aliphatic carbocycles. The molecule has 2 aromatic rings. The fraction of sp³-hybridized carbons (Fsp3) is 0.444. The van der Waals surface area contributed by atoms with Crippen LogP contribution in [0.4, 0.5) is 0 Å². The van der Waals surface area contributed by atoms with E-state index in [2.05, 4.69) is 17.2 Å². The first-order chi connectivity index (χ1) is 11.7. The minimum atomic E-state index is 0.0494. The number of nitrogens with one attached hydrogen (secondary N) is 1. The molecule has 1 aliphatic rings. The molecule has 128 valence electrons. The predicted molar refractivity (Wildman–Crippen MR) is 99.7 cm³/mol. The number of hydrogen-bond acceptors (Lipinski definition) is 4. The van der Waals surface area contributed by atoms with Crippen molar-refractivity contribution in [3.8, 4) is 10.6 Å². The van der Waals surface area contributed by atoms with Crippen LogP contribution in [0, 0.1) is 5.92 Å². The molecule has 2 heterocycles. The van der Waals surface area contributed by atoms with Crippen molar-refractivity contribution in [3.63, 3.8) is 0 Å². The van der Waals surface area contributed by atoms with Crippen molar-refractivity contribution < 1.29 is 4.79 Å². The molecule has 0 bridgehead atoms. The van der Waals surface area contributed by atoms with E-state index in [1.165, 1.54) is 11.3 Å². The number of carbonyl (C=O) groups is 1. The van der Waals surface area contributed by atoms with E-state index in [1.807, 2.05) is 34.5 Å².